The van der Waals surface area contributed by atoms with Gasteiger partial charge >= 0.3 is 6.03 Å². The number of imidazole rings is 1. The van der Waals surface area contributed by atoms with Crippen LogP contribution >= 0.6 is 0 Å². The molecule has 0 spiro atoms. The van der Waals surface area contributed by atoms with Crippen molar-refractivity contribution >= 4 is 11.7 Å². The van der Waals surface area contributed by atoms with Crippen LogP contribution in [0.3, 0.4) is 0 Å². The largest absolute Gasteiger partial charge is 0.361 e. The first kappa shape index (κ1) is 16.4. The number of nitrogens with one attached hydrogen (secondary N) is 1. The molecule has 0 bridgehead atoms. The Bertz CT molecular complexity index is 912. The minimum Gasteiger partial charge on any atom is -0.361 e. The minimum atomic E-state index is -0.111. The van der Waals surface area contributed by atoms with Crippen LogP contribution in [0.25, 0.3) is 5.69 Å². The zero-order valence-corrected chi connectivity index (χ0v) is 14.8. The first-order chi connectivity index (χ1) is 12.6. The number of aryl methyl sites for hydroxylation is 2. The highest BCUT2D eigenvalue weighted by atomic mass is 16.5. The van der Waals surface area contributed by atoms with Crippen molar-refractivity contribution in [3.05, 3.63) is 60.0 Å². The number of hydrogen-bond acceptors (Lipinski definition) is 4. The molecule has 134 valence electrons. The number of carbonyl (C=O) groups is 1. The highest BCUT2D eigenvalue weighted by Gasteiger charge is 2.32. The highest BCUT2D eigenvalue weighted by molar-refractivity contribution is 5.89. The van der Waals surface area contributed by atoms with Gasteiger partial charge in [0, 0.05) is 36.4 Å². The summed E-state index contributed by atoms with van der Waals surface area (Å²) < 4.78 is 7.16. The van der Waals surface area contributed by atoms with Crippen LogP contribution in [-0.2, 0) is 0 Å². The lowest BCUT2D eigenvalue weighted by Gasteiger charge is -2.23. The SMILES string of the molecule is Cc1cc(C2CCCN2C(=O)Nc2ccc(-n3ccnc3C)cc2)no1. The van der Waals surface area contributed by atoms with Crippen molar-refractivity contribution in [2.75, 3.05) is 11.9 Å². The van der Waals surface area contributed by atoms with Gasteiger partial charge in [-0.05, 0) is 51.0 Å². The molecule has 7 nitrogen and oxygen atoms in total. The summed E-state index contributed by atoms with van der Waals surface area (Å²) in [5, 5.41) is 7.06. The zero-order chi connectivity index (χ0) is 18.1. The van der Waals surface area contributed by atoms with Gasteiger partial charge in [-0.25, -0.2) is 9.78 Å². The molecule has 1 unspecified atom stereocenters. The van der Waals surface area contributed by atoms with Gasteiger partial charge in [0.25, 0.3) is 0 Å². The Hall–Kier alpha value is -3.09. The van der Waals surface area contributed by atoms with Crippen LogP contribution < -0.4 is 5.32 Å². The molecule has 26 heavy (non-hydrogen) atoms. The predicted octanol–water partition coefficient (Wildman–Crippen LogP) is 3.85. The number of aromatic nitrogens is 3. The summed E-state index contributed by atoms with van der Waals surface area (Å²) in [6.45, 7) is 4.53. The third kappa shape index (κ3) is 3.08. The summed E-state index contributed by atoms with van der Waals surface area (Å²) in [6, 6.07) is 9.49. The number of rotatable bonds is 3. The molecule has 1 saturated heterocycles. The Kier molecular flexibility index (Phi) is 4.20. The molecule has 0 radical (unpaired) electrons. The monoisotopic (exact) mass is 351 g/mol. The Morgan fingerprint density at radius 2 is 2.08 bits per heavy atom. The van der Waals surface area contributed by atoms with E-state index in [1.54, 1.807) is 6.20 Å². The van der Waals surface area contributed by atoms with Crippen LogP contribution in [0, 0.1) is 13.8 Å². The average Bonchev–Trinajstić information content (AvgIpc) is 3.36. The second-order valence-electron chi connectivity index (χ2n) is 6.54. The maximum atomic E-state index is 12.7. The number of hydrogen-bond donors (Lipinski definition) is 1. The quantitative estimate of drug-likeness (QED) is 0.778. The molecule has 4 rings (SSSR count). The average molecular weight is 351 g/mol. The van der Waals surface area contributed by atoms with Gasteiger partial charge in [-0.1, -0.05) is 5.16 Å². The molecule has 0 aliphatic carbocycles. The lowest BCUT2D eigenvalue weighted by atomic mass is 10.1. The molecule has 0 saturated carbocycles. The Balaban J connectivity index is 1.46. The second-order valence-corrected chi connectivity index (χ2v) is 6.54. The minimum absolute atomic E-state index is 0.0275. The summed E-state index contributed by atoms with van der Waals surface area (Å²) in [5.41, 5.74) is 2.59. The van der Waals surface area contributed by atoms with Crippen molar-refractivity contribution < 1.29 is 9.32 Å². The molecule has 3 heterocycles. The molecule has 3 aromatic rings. The Labute approximate surface area is 151 Å². The van der Waals surface area contributed by atoms with Crippen molar-refractivity contribution in [2.45, 2.75) is 32.7 Å². The first-order valence-electron chi connectivity index (χ1n) is 8.73. The molecular weight excluding hydrogens is 330 g/mol. The highest BCUT2D eigenvalue weighted by Crippen LogP contribution is 2.32. The second kappa shape index (κ2) is 6.67. The molecule has 1 fully saturated rings. The van der Waals surface area contributed by atoms with Crippen LogP contribution in [-0.4, -0.2) is 32.2 Å². The number of amides is 2. The number of urea groups is 1. The van der Waals surface area contributed by atoms with Crippen LogP contribution in [0.5, 0.6) is 0 Å². The van der Waals surface area contributed by atoms with E-state index in [4.69, 9.17) is 4.52 Å². The van der Waals surface area contributed by atoms with Gasteiger partial charge in [0.15, 0.2) is 0 Å². The van der Waals surface area contributed by atoms with E-state index in [0.717, 1.165) is 41.5 Å². The van der Waals surface area contributed by atoms with Crippen molar-refractivity contribution in [1.82, 2.24) is 19.6 Å². The van der Waals surface area contributed by atoms with E-state index in [-0.39, 0.29) is 12.1 Å². The number of carbonyl (C=O) groups excluding carboxylic acids is 1. The van der Waals surface area contributed by atoms with Gasteiger partial charge in [-0.3, -0.25) is 0 Å². The van der Waals surface area contributed by atoms with Crippen molar-refractivity contribution in [3.8, 4) is 5.69 Å². The fourth-order valence-electron chi connectivity index (χ4n) is 3.41. The van der Waals surface area contributed by atoms with Gasteiger partial charge < -0.3 is 19.3 Å². The van der Waals surface area contributed by atoms with Crippen molar-refractivity contribution in [2.24, 2.45) is 0 Å². The Morgan fingerprint density at radius 1 is 1.27 bits per heavy atom. The molecule has 1 N–H and O–H groups in total. The topological polar surface area (TPSA) is 76.2 Å². The lowest BCUT2D eigenvalue weighted by Crippen LogP contribution is -2.34. The summed E-state index contributed by atoms with van der Waals surface area (Å²) in [4.78, 5) is 18.8. The zero-order valence-electron chi connectivity index (χ0n) is 14.8. The van der Waals surface area contributed by atoms with E-state index >= 15 is 0 Å². The number of likely N-dealkylation sites (tertiary alicyclic amines) is 1. The third-order valence-corrected chi connectivity index (χ3v) is 4.72. The standard InChI is InChI=1S/C19H21N5O2/c1-13-12-17(22-26-13)18-4-3-10-24(18)19(25)21-15-5-7-16(8-6-15)23-11-9-20-14(23)2/h5-9,11-12,18H,3-4,10H2,1-2H3,(H,21,25). The molecular formula is C19H21N5O2. The summed E-state index contributed by atoms with van der Waals surface area (Å²) in [5.74, 6) is 1.68. The summed E-state index contributed by atoms with van der Waals surface area (Å²) in [6.07, 6.45) is 5.54. The summed E-state index contributed by atoms with van der Waals surface area (Å²) in [7, 11) is 0. The lowest BCUT2D eigenvalue weighted by molar-refractivity contribution is 0.204. The molecule has 1 aromatic carbocycles. The molecule has 7 heteroatoms. The van der Waals surface area contributed by atoms with E-state index in [1.807, 2.05) is 59.8 Å². The molecule has 1 atom stereocenters. The first-order valence-corrected chi connectivity index (χ1v) is 8.73. The Morgan fingerprint density at radius 3 is 2.73 bits per heavy atom. The van der Waals surface area contributed by atoms with Crippen LogP contribution in [0.2, 0.25) is 0 Å². The van der Waals surface area contributed by atoms with E-state index in [1.165, 1.54) is 0 Å². The van der Waals surface area contributed by atoms with E-state index in [9.17, 15) is 4.79 Å². The maximum Gasteiger partial charge on any atom is 0.322 e. The van der Waals surface area contributed by atoms with Crippen LogP contribution in [0.1, 0.15) is 36.2 Å². The van der Waals surface area contributed by atoms with Crippen LogP contribution in [0.15, 0.2) is 47.2 Å². The van der Waals surface area contributed by atoms with Gasteiger partial charge in [-0.15, -0.1) is 0 Å². The van der Waals surface area contributed by atoms with Gasteiger partial charge in [-0.2, -0.15) is 0 Å². The molecule has 1 aliphatic rings. The van der Waals surface area contributed by atoms with Crippen molar-refractivity contribution in [3.63, 3.8) is 0 Å². The smallest absolute Gasteiger partial charge is 0.322 e. The number of anilines is 1. The summed E-state index contributed by atoms with van der Waals surface area (Å²) >= 11 is 0. The molecule has 2 amide bonds. The normalized spacial score (nSPS) is 16.8. The van der Waals surface area contributed by atoms with Crippen molar-refractivity contribution in [1.29, 1.82) is 0 Å². The number of nitrogens with zero attached hydrogens (tertiary/aromatic N) is 4. The van der Waals surface area contributed by atoms with Gasteiger partial charge in [0.1, 0.15) is 17.3 Å². The van der Waals surface area contributed by atoms with Gasteiger partial charge in [0.2, 0.25) is 0 Å². The van der Waals surface area contributed by atoms with E-state index < -0.39 is 0 Å². The fraction of sp³-hybridized carbons (Fsp3) is 0.316. The third-order valence-electron chi connectivity index (χ3n) is 4.72. The molecule has 1 aliphatic heterocycles. The van der Waals surface area contributed by atoms with E-state index in [0.29, 0.717) is 6.54 Å². The molecule has 2 aromatic heterocycles. The van der Waals surface area contributed by atoms with E-state index in [2.05, 4.69) is 15.5 Å². The van der Waals surface area contributed by atoms with Crippen LogP contribution in [0.4, 0.5) is 10.5 Å². The maximum absolute atomic E-state index is 12.7. The van der Waals surface area contributed by atoms with Gasteiger partial charge in [0.05, 0.1) is 6.04 Å². The predicted molar refractivity (Wildman–Crippen MR) is 97.2 cm³/mol. The fourth-order valence-corrected chi connectivity index (χ4v) is 3.41. The number of benzene rings is 1.